The highest BCUT2D eigenvalue weighted by atomic mass is 35.5. The molecule has 0 spiro atoms. The van der Waals surface area contributed by atoms with E-state index in [1.54, 1.807) is 29.1 Å². The number of amides is 1. The number of carbonyl (C=O) groups is 1. The minimum Gasteiger partial charge on any atom is -0.305 e. The third-order valence-corrected chi connectivity index (χ3v) is 4.45. The first kappa shape index (κ1) is 16.4. The second kappa shape index (κ2) is 7.41. The number of thioether (sulfide) groups is 1. The topological polar surface area (TPSA) is 85.6 Å². The van der Waals surface area contributed by atoms with Crippen molar-refractivity contribution in [3.63, 3.8) is 0 Å². The lowest BCUT2D eigenvalue weighted by atomic mass is 10.2. The molecular formula is C15H13ClN6OS. The van der Waals surface area contributed by atoms with Crippen LogP contribution in [0.2, 0.25) is 5.02 Å². The Kier molecular flexibility index (Phi) is 5.07. The summed E-state index contributed by atoms with van der Waals surface area (Å²) < 4.78 is 1.80. The third-order valence-electron chi connectivity index (χ3n) is 3.10. The van der Waals surface area contributed by atoms with Crippen molar-refractivity contribution in [2.75, 3.05) is 11.1 Å². The number of nitrogens with zero attached hydrogens (tertiary/aromatic N) is 5. The molecule has 24 heavy (non-hydrogen) atoms. The average molecular weight is 361 g/mol. The van der Waals surface area contributed by atoms with Gasteiger partial charge in [0, 0.05) is 25.0 Å². The van der Waals surface area contributed by atoms with Gasteiger partial charge in [0.15, 0.2) is 11.0 Å². The van der Waals surface area contributed by atoms with E-state index in [0.29, 0.717) is 16.0 Å². The van der Waals surface area contributed by atoms with Crippen molar-refractivity contribution in [1.29, 1.82) is 0 Å². The van der Waals surface area contributed by atoms with Crippen LogP contribution in [0.1, 0.15) is 0 Å². The van der Waals surface area contributed by atoms with Gasteiger partial charge in [0.05, 0.1) is 10.8 Å². The molecule has 0 aliphatic heterocycles. The molecule has 0 radical (unpaired) electrons. The van der Waals surface area contributed by atoms with Gasteiger partial charge in [-0.2, -0.15) is 0 Å². The van der Waals surface area contributed by atoms with Gasteiger partial charge in [-0.1, -0.05) is 35.5 Å². The molecule has 0 bridgehead atoms. The zero-order valence-electron chi connectivity index (χ0n) is 12.7. The van der Waals surface area contributed by atoms with Gasteiger partial charge in [-0.3, -0.25) is 10.1 Å². The lowest BCUT2D eigenvalue weighted by molar-refractivity contribution is -0.113. The van der Waals surface area contributed by atoms with Crippen molar-refractivity contribution in [2.24, 2.45) is 7.05 Å². The van der Waals surface area contributed by atoms with E-state index in [1.807, 2.05) is 25.2 Å². The van der Waals surface area contributed by atoms with Crippen LogP contribution in [-0.4, -0.2) is 36.4 Å². The summed E-state index contributed by atoms with van der Waals surface area (Å²) in [4.78, 5) is 19.8. The summed E-state index contributed by atoms with van der Waals surface area (Å²) in [7, 11) is 1.83. The highest BCUT2D eigenvalue weighted by Gasteiger charge is 2.15. The van der Waals surface area contributed by atoms with Crippen molar-refractivity contribution < 1.29 is 4.79 Å². The number of halogens is 1. The molecule has 3 rings (SSSR count). The van der Waals surface area contributed by atoms with Crippen molar-refractivity contribution in [3.8, 4) is 11.4 Å². The summed E-state index contributed by atoms with van der Waals surface area (Å²) in [6.07, 6.45) is 3.13. The van der Waals surface area contributed by atoms with Crippen molar-refractivity contribution in [2.45, 2.75) is 5.16 Å². The second-order valence-electron chi connectivity index (χ2n) is 4.75. The Hall–Kier alpha value is -2.45. The van der Waals surface area contributed by atoms with Gasteiger partial charge >= 0.3 is 0 Å². The van der Waals surface area contributed by atoms with Crippen LogP contribution in [0.3, 0.4) is 0 Å². The van der Waals surface area contributed by atoms with Gasteiger partial charge in [0.2, 0.25) is 11.9 Å². The van der Waals surface area contributed by atoms with E-state index in [2.05, 4.69) is 25.5 Å². The molecule has 0 aliphatic rings. The Bertz CT molecular complexity index is 854. The summed E-state index contributed by atoms with van der Waals surface area (Å²) in [6.45, 7) is 0. The quantitative estimate of drug-likeness (QED) is 0.704. The predicted molar refractivity (Wildman–Crippen MR) is 92.8 cm³/mol. The number of rotatable bonds is 5. The van der Waals surface area contributed by atoms with Gasteiger partial charge in [0.1, 0.15) is 0 Å². The highest BCUT2D eigenvalue weighted by molar-refractivity contribution is 7.99. The normalized spacial score (nSPS) is 10.6. The van der Waals surface area contributed by atoms with E-state index in [4.69, 9.17) is 11.6 Å². The first-order valence-corrected chi connectivity index (χ1v) is 8.35. The Morgan fingerprint density at radius 1 is 1.21 bits per heavy atom. The zero-order valence-corrected chi connectivity index (χ0v) is 14.3. The minimum atomic E-state index is -0.214. The maximum Gasteiger partial charge on any atom is 0.237 e. The number of aromatic nitrogens is 5. The van der Waals surface area contributed by atoms with Crippen LogP contribution in [0, 0.1) is 0 Å². The van der Waals surface area contributed by atoms with Crippen LogP contribution in [0.4, 0.5) is 5.95 Å². The monoisotopic (exact) mass is 360 g/mol. The largest absolute Gasteiger partial charge is 0.305 e. The zero-order chi connectivity index (χ0) is 16.9. The lowest BCUT2D eigenvalue weighted by Gasteiger charge is -2.05. The number of carbonyl (C=O) groups excluding carboxylic acids is 1. The van der Waals surface area contributed by atoms with E-state index in [-0.39, 0.29) is 17.6 Å². The fourth-order valence-corrected chi connectivity index (χ4v) is 2.90. The molecule has 1 amide bonds. The molecular weight excluding hydrogens is 348 g/mol. The van der Waals surface area contributed by atoms with Crippen LogP contribution in [0.5, 0.6) is 0 Å². The maximum absolute atomic E-state index is 11.9. The second-order valence-corrected chi connectivity index (χ2v) is 6.10. The first-order chi connectivity index (χ1) is 11.6. The van der Waals surface area contributed by atoms with Gasteiger partial charge in [0.25, 0.3) is 0 Å². The number of hydrogen-bond donors (Lipinski definition) is 1. The van der Waals surface area contributed by atoms with Crippen LogP contribution >= 0.6 is 23.4 Å². The molecule has 0 saturated heterocycles. The van der Waals surface area contributed by atoms with E-state index in [9.17, 15) is 4.79 Å². The SMILES string of the molecule is Cn1c(SCC(=O)Nc2ncccn2)nnc1-c1ccccc1Cl. The molecule has 0 unspecified atom stereocenters. The summed E-state index contributed by atoms with van der Waals surface area (Å²) in [6, 6.07) is 9.09. The molecule has 122 valence electrons. The molecule has 0 fully saturated rings. The Labute approximate surface area is 147 Å². The smallest absolute Gasteiger partial charge is 0.237 e. The van der Waals surface area contributed by atoms with E-state index >= 15 is 0 Å². The van der Waals surface area contributed by atoms with Crippen molar-refractivity contribution >= 4 is 35.2 Å². The van der Waals surface area contributed by atoms with Gasteiger partial charge in [-0.05, 0) is 18.2 Å². The fourth-order valence-electron chi connectivity index (χ4n) is 1.97. The van der Waals surface area contributed by atoms with Crippen LogP contribution in [0.15, 0.2) is 47.9 Å². The molecule has 1 N–H and O–H groups in total. The van der Waals surface area contributed by atoms with Crippen LogP contribution in [0.25, 0.3) is 11.4 Å². The Morgan fingerprint density at radius 3 is 2.71 bits per heavy atom. The van der Waals surface area contributed by atoms with Crippen molar-refractivity contribution in [3.05, 3.63) is 47.7 Å². The molecule has 3 aromatic rings. The van der Waals surface area contributed by atoms with Gasteiger partial charge in [-0.15, -0.1) is 10.2 Å². The summed E-state index contributed by atoms with van der Waals surface area (Å²) in [5.41, 5.74) is 0.795. The lowest BCUT2D eigenvalue weighted by Crippen LogP contribution is -2.16. The summed E-state index contributed by atoms with van der Waals surface area (Å²) in [5, 5.41) is 12.1. The van der Waals surface area contributed by atoms with Crippen molar-refractivity contribution in [1.82, 2.24) is 24.7 Å². The number of benzene rings is 1. The average Bonchev–Trinajstić information content (AvgIpc) is 2.95. The molecule has 9 heteroatoms. The molecule has 2 heterocycles. The number of nitrogens with one attached hydrogen (secondary N) is 1. The van der Waals surface area contributed by atoms with Crippen LogP contribution in [-0.2, 0) is 11.8 Å². The van der Waals surface area contributed by atoms with Crippen LogP contribution < -0.4 is 5.32 Å². The minimum absolute atomic E-state index is 0.173. The molecule has 0 atom stereocenters. The maximum atomic E-state index is 11.9. The molecule has 7 nitrogen and oxygen atoms in total. The van der Waals surface area contributed by atoms with Gasteiger partial charge in [-0.25, -0.2) is 9.97 Å². The van der Waals surface area contributed by atoms with Gasteiger partial charge < -0.3 is 4.57 Å². The number of hydrogen-bond acceptors (Lipinski definition) is 6. The molecule has 2 aromatic heterocycles. The summed E-state index contributed by atoms with van der Waals surface area (Å²) in [5.74, 6) is 0.883. The Balaban J connectivity index is 1.67. The Morgan fingerprint density at radius 2 is 1.96 bits per heavy atom. The molecule has 0 saturated carbocycles. The summed E-state index contributed by atoms with van der Waals surface area (Å²) >= 11 is 7.47. The first-order valence-electron chi connectivity index (χ1n) is 6.99. The molecule has 1 aromatic carbocycles. The predicted octanol–water partition coefficient (Wildman–Crippen LogP) is 2.66. The van der Waals surface area contributed by atoms with E-state index in [1.165, 1.54) is 11.8 Å². The standard InChI is InChI=1S/C15H13ClN6OS/c1-22-13(10-5-2-3-6-11(10)16)20-21-15(22)24-9-12(23)19-14-17-7-4-8-18-14/h2-8H,9H2,1H3,(H,17,18,19,23). The highest BCUT2D eigenvalue weighted by Crippen LogP contribution is 2.28. The number of anilines is 1. The van der Waals surface area contributed by atoms with E-state index in [0.717, 1.165) is 5.56 Å². The third kappa shape index (κ3) is 3.72. The van der Waals surface area contributed by atoms with E-state index < -0.39 is 0 Å². The fraction of sp³-hybridized carbons (Fsp3) is 0.133. The molecule has 0 aliphatic carbocycles.